The van der Waals surface area contributed by atoms with Crippen LogP contribution < -0.4 is 4.90 Å². The normalized spacial score (nSPS) is 15.9. The molecule has 6 heteroatoms. The van der Waals surface area contributed by atoms with E-state index >= 15 is 0 Å². The number of nitrogens with zero attached hydrogens (tertiary/aromatic N) is 2. The third-order valence-electron chi connectivity index (χ3n) is 2.27. The summed E-state index contributed by atoms with van der Waals surface area (Å²) in [5.74, 6) is -0.107. The van der Waals surface area contributed by atoms with E-state index in [2.05, 4.69) is 0 Å². The first-order valence-corrected chi connectivity index (χ1v) is 6.30. The Morgan fingerprint density at radius 2 is 1.94 bits per heavy atom. The number of hydrogen-bond donors (Lipinski definition) is 0. The first-order valence-electron chi connectivity index (χ1n) is 4.76. The van der Waals surface area contributed by atoms with Crippen molar-refractivity contribution < 1.29 is 9.59 Å². The van der Waals surface area contributed by atoms with Gasteiger partial charge in [-0.15, -0.1) is 11.8 Å². The molecule has 1 fully saturated rings. The predicted octanol–water partition coefficient (Wildman–Crippen LogP) is 1.82. The van der Waals surface area contributed by atoms with Crippen LogP contribution in [0.4, 0.5) is 5.69 Å². The van der Waals surface area contributed by atoms with E-state index in [0.717, 1.165) is 4.90 Å². The zero-order chi connectivity index (χ0) is 12.4. The maximum atomic E-state index is 11.7. The van der Waals surface area contributed by atoms with Gasteiger partial charge in [-0.05, 0) is 18.2 Å². The molecule has 1 saturated heterocycles. The molecule has 0 spiro atoms. The minimum Gasteiger partial charge on any atom is -0.273 e. The summed E-state index contributed by atoms with van der Waals surface area (Å²) in [5.41, 5.74) is 0.657. The third-order valence-corrected chi connectivity index (χ3v) is 3.49. The van der Waals surface area contributed by atoms with Gasteiger partial charge in [-0.3, -0.25) is 9.59 Å². The molecule has 1 aromatic rings. The molecular formula is C11H7ClN2O2S. The summed E-state index contributed by atoms with van der Waals surface area (Å²) < 4.78 is 0. The second-order valence-corrected chi connectivity index (χ2v) is 4.79. The van der Waals surface area contributed by atoms with Gasteiger partial charge in [0.2, 0.25) is 11.8 Å². The highest BCUT2D eigenvalue weighted by atomic mass is 35.5. The van der Waals surface area contributed by atoms with Gasteiger partial charge in [0.05, 0.1) is 33.8 Å². The first kappa shape index (κ1) is 12.0. The van der Waals surface area contributed by atoms with Crippen LogP contribution in [0.2, 0.25) is 5.02 Å². The van der Waals surface area contributed by atoms with Crippen molar-refractivity contribution in [3.63, 3.8) is 0 Å². The Hall–Kier alpha value is -1.51. The summed E-state index contributed by atoms with van der Waals surface area (Å²) in [6.07, 6.45) is 0. The van der Waals surface area contributed by atoms with Crippen molar-refractivity contribution in [1.82, 2.24) is 0 Å². The maximum Gasteiger partial charge on any atom is 0.243 e. The van der Waals surface area contributed by atoms with Crippen molar-refractivity contribution in [2.75, 3.05) is 16.4 Å². The van der Waals surface area contributed by atoms with E-state index in [0.29, 0.717) is 11.3 Å². The van der Waals surface area contributed by atoms with Gasteiger partial charge in [-0.2, -0.15) is 5.26 Å². The van der Waals surface area contributed by atoms with Crippen LogP contribution >= 0.6 is 23.4 Å². The molecule has 1 aromatic carbocycles. The lowest BCUT2D eigenvalue weighted by atomic mass is 10.2. The molecule has 2 rings (SSSR count). The molecule has 0 atom stereocenters. The Kier molecular flexibility index (Phi) is 3.36. The van der Waals surface area contributed by atoms with E-state index in [1.54, 1.807) is 6.07 Å². The van der Waals surface area contributed by atoms with Gasteiger partial charge in [0, 0.05) is 0 Å². The highest BCUT2D eigenvalue weighted by molar-refractivity contribution is 8.00. The lowest BCUT2D eigenvalue weighted by Gasteiger charge is -2.25. The molecule has 0 aromatic heterocycles. The molecule has 2 amide bonds. The van der Waals surface area contributed by atoms with E-state index in [4.69, 9.17) is 16.9 Å². The summed E-state index contributed by atoms with van der Waals surface area (Å²) >= 11 is 7.23. The number of rotatable bonds is 1. The van der Waals surface area contributed by atoms with Crippen molar-refractivity contribution in [3.8, 4) is 6.07 Å². The van der Waals surface area contributed by atoms with Crippen LogP contribution in [0.3, 0.4) is 0 Å². The largest absolute Gasteiger partial charge is 0.273 e. The number of hydrogen-bond acceptors (Lipinski definition) is 4. The van der Waals surface area contributed by atoms with Crippen molar-refractivity contribution >= 4 is 40.9 Å². The van der Waals surface area contributed by atoms with E-state index in [-0.39, 0.29) is 28.3 Å². The minimum absolute atomic E-state index is 0.249. The number of thioether (sulfide) groups is 1. The van der Waals surface area contributed by atoms with Crippen LogP contribution in [0.1, 0.15) is 5.56 Å². The monoisotopic (exact) mass is 266 g/mol. The van der Waals surface area contributed by atoms with E-state index < -0.39 is 0 Å². The van der Waals surface area contributed by atoms with Crippen molar-refractivity contribution in [1.29, 1.82) is 5.26 Å². The minimum atomic E-state index is -0.303. The van der Waals surface area contributed by atoms with Crippen LogP contribution in [-0.2, 0) is 9.59 Å². The van der Waals surface area contributed by atoms with Crippen LogP contribution in [0, 0.1) is 11.3 Å². The summed E-state index contributed by atoms with van der Waals surface area (Å²) in [7, 11) is 0. The van der Waals surface area contributed by atoms with Gasteiger partial charge in [-0.1, -0.05) is 11.6 Å². The van der Waals surface area contributed by atoms with Crippen LogP contribution in [-0.4, -0.2) is 23.3 Å². The number of benzene rings is 1. The van der Waals surface area contributed by atoms with Crippen molar-refractivity contribution in [3.05, 3.63) is 28.8 Å². The van der Waals surface area contributed by atoms with Crippen LogP contribution in [0.5, 0.6) is 0 Å². The molecule has 0 N–H and O–H groups in total. The highest BCUT2D eigenvalue weighted by Crippen LogP contribution is 2.29. The van der Waals surface area contributed by atoms with Gasteiger partial charge in [0.15, 0.2) is 0 Å². The molecule has 0 saturated carbocycles. The Morgan fingerprint density at radius 3 is 2.53 bits per heavy atom. The second-order valence-electron chi connectivity index (χ2n) is 3.39. The Labute approximate surface area is 107 Å². The average molecular weight is 267 g/mol. The number of halogens is 1. The summed E-state index contributed by atoms with van der Waals surface area (Å²) in [6.45, 7) is 0. The van der Waals surface area contributed by atoms with Crippen LogP contribution in [0.25, 0.3) is 0 Å². The Morgan fingerprint density at radius 1 is 1.29 bits per heavy atom. The van der Waals surface area contributed by atoms with Gasteiger partial charge >= 0.3 is 0 Å². The molecule has 86 valence electrons. The van der Waals surface area contributed by atoms with Gasteiger partial charge in [0.1, 0.15) is 0 Å². The Balaban J connectivity index is 2.48. The fraction of sp³-hybridized carbons (Fsp3) is 0.182. The molecule has 1 heterocycles. The number of imide groups is 1. The number of carbonyl (C=O) groups excluding carboxylic acids is 2. The topological polar surface area (TPSA) is 61.2 Å². The van der Waals surface area contributed by atoms with Gasteiger partial charge < -0.3 is 0 Å². The smallest absolute Gasteiger partial charge is 0.243 e. The van der Waals surface area contributed by atoms with Crippen molar-refractivity contribution in [2.45, 2.75) is 0 Å². The molecule has 0 unspecified atom stereocenters. The lowest BCUT2D eigenvalue weighted by Crippen LogP contribution is -2.43. The molecule has 1 aliphatic heterocycles. The SMILES string of the molecule is N#Cc1ccc(Cl)c(N2C(=O)CSCC2=O)c1. The predicted molar refractivity (Wildman–Crippen MR) is 66.0 cm³/mol. The molecule has 0 radical (unpaired) electrons. The standard InChI is InChI=1S/C11H7ClN2O2S/c12-8-2-1-7(4-13)3-9(8)14-10(15)5-17-6-11(14)16/h1-3H,5-6H2. The summed E-state index contributed by atoms with van der Waals surface area (Å²) in [4.78, 5) is 24.5. The van der Waals surface area contributed by atoms with Gasteiger partial charge in [0.25, 0.3) is 0 Å². The second kappa shape index (κ2) is 4.78. The molecule has 17 heavy (non-hydrogen) atoms. The van der Waals surface area contributed by atoms with E-state index in [9.17, 15) is 9.59 Å². The molecule has 0 bridgehead atoms. The number of amides is 2. The molecular weight excluding hydrogens is 260 g/mol. The molecule has 1 aliphatic rings. The maximum absolute atomic E-state index is 11.7. The first-order chi connectivity index (χ1) is 8.13. The zero-order valence-corrected chi connectivity index (χ0v) is 10.2. The van der Waals surface area contributed by atoms with Crippen LogP contribution in [0.15, 0.2) is 18.2 Å². The summed E-state index contributed by atoms with van der Waals surface area (Å²) in [6, 6.07) is 6.46. The summed E-state index contributed by atoms with van der Waals surface area (Å²) in [5, 5.41) is 9.09. The number of nitriles is 1. The third kappa shape index (κ3) is 2.28. The van der Waals surface area contributed by atoms with Gasteiger partial charge in [-0.25, -0.2) is 4.90 Å². The molecule has 4 nitrogen and oxygen atoms in total. The number of carbonyl (C=O) groups is 2. The zero-order valence-electron chi connectivity index (χ0n) is 8.64. The quantitative estimate of drug-likeness (QED) is 0.728. The fourth-order valence-electron chi connectivity index (χ4n) is 1.52. The fourth-order valence-corrected chi connectivity index (χ4v) is 2.43. The van der Waals surface area contributed by atoms with Crippen molar-refractivity contribution in [2.24, 2.45) is 0 Å². The van der Waals surface area contributed by atoms with E-state index in [1.807, 2.05) is 6.07 Å². The lowest BCUT2D eigenvalue weighted by molar-refractivity contribution is -0.124. The molecule has 0 aliphatic carbocycles. The highest BCUT2D eigenvalue weighted by Gasteiger charge is 2.29. The Bertz CT molecular complexity index is 523. The average Bonchev–Trinajstić information content (AvgIpc) is 2.31. The number of anilines is 1. The van der Waals surface area contributed by atoms with E-state index in [1.165, 1.54) is 23.9 Å².